The van der Waals surface area contributed by atoms with Crippen LogP contribution >= 0.6 is 11.3 Å². The van der Waals surface area contributed by atoms with Gasteiger partial charge in [-0.05, 0) is 11.4 Å². The summed E-state index contributed by atoms with van der Waals surface area (Å²) in [6, 6.07) is 1.81. The van der Waals surface area contributed by atoms with Crippen LogP contribution in [-0.2, 0) is 22.7 Å². The van der Waals surface area contributed by atoms with Gasteiger partial charge in [0.2, 0.25) is 0 Å². The van der Waals surface area contributed by atoms with Gasteiger partial charge >= 0.3 is 0 Å². The maximum Gasteiger partial charge on any atom is 0.293 e. The topological polar surface area (TPSA) is 46.5 Å². The molecule has 1 rings (SSSR count). The zero-order valence-corrected chi connectivity index (χ0v) is 6.63. The predicted octanol–water partition coefficient (Wildman–Crippen LogP) is 0.913. The first kappa shape index (κ1) is 8.23. The number of hydrogen-bond acceptors (Lipinski definition) is 4. The molecule has 11 heavy (non-hydrogen) atoms. The van der Waals surface area contributed by atoms with Crippen molar-refractivity contribution in [1.29, 1.82) is 0 Å². The van der Waals surface area contributed by atoms with Crippen molar-refractivity contribution in [3.05, 3.63) is 21.9 Å². The largest absolute Gasteiger partial charge is 0.463 e. The second-order valence-corrected chi connectivity index (χ2v) is 2.98. The van der Waals surface area contributed by atoms with Gasteiger partial charge in [-0.25, -0.2) is 0 Å². The maximum absolute atomic E-state index is 9.79. The van der Waals surface area contributed by atoms with E-state index in [0.717, 1.165) is 10.4 Å². The monoisotopic (exact) mass is 172 g/mol. The molecule has 0 aromatic carbocycles. The Kier molecular flexibility index (Phi) is 3.07. The van der Waals surface area contributed by atoms with Gasteiger partial charge in [-0.15, -0.1) is 11.3 Å². The molecular weight excluding hydrogens is 164 g/mol. The number of thiophene rings is 1. The standard InChI is InChI=1S/C7H8O3S/c8-2-7-1-6(4-11-7)3-10-5-9/h1,4-5,8H,2-3H2. The molecule has 0 atom stereocenters. The van der Waals surface area contributed by atoms with Crippen LogP contribution in [0.15, 0.2) is 11.4 Å². The van der Waals surface area contributed by atoms with Gasteiger partial charge in [-0.3, -0.25) is 4.79 Å². The highest BCUT2D eigenvalue weighted by atomic mass is 32.1. The Balaban J connectivity index is 2.50. The minimum atomic E-state index is 0.0474. The second-order valence-electron chi connectivity index (χ2n) is 1.99. The molecule has 60 valence electrons. The third-order valence-corrected chi connectivity index (χ3v) is 2.15. The summed E-state index contributed by atoms with van der Waals surface area (Å²) in [7, 11) is 0. The van der Waals surface area contributed by atoms with Crippen molar-refractivity contribution in [1.82, 2.24) is 0 Å². The fourth-order valence-corrected chi connectivity index (χ4v) is 1.45. The lowest BCUT2D eigenvalue weighted by Crippen LogP contribution is -1.86. The molecule has 0 aliphatic heterocycles. The number of carbonyl (C=O) groups is 1. The van der Waals surface area contributed by atoms with Crippen LogP contribution in [0.2, 0.25) is 0 Å². The van der Waals surface area contributed by atoms with Gasteiger partial charge in [0.25, 0.3) is 6.47 Å². The Hall–Kier alpha value is -0.870. The number of aliphatic hydroxyl groups is 1. The highest BCUT2D eigenvalue weighted by molar-refractivity contribution is 7.10. The average Bonchev–Trinajstić information content (AvgIpc) is 2.48. The average molecular weight is 172 g/mol. The first-order chi connectivity index (χ1) is 5.36. The van der Waals surface area contributed by atoms with Gasteiger partial charge in [0, 0.05) is 10.4 Å². The Morgan fingerprint density at radius 1 is 1.73 bits per heavy atom. The Morgan fingerprint density at radius 2 is 2.55 bits per heavy atom. The zero-order chi connectivity index (χ0) is 8.10. The molecule has 0 saturated carbocycles. The van der Waals surface area contributed by atoms with Crippen molar-refractivity contribution in [2.45, 2.75) is 13.2 Å². The molecular formula is C7H8O3S. The second kappa shape index (κ2) is 4.10. The summed E-state index contributed by atoms with van der Waals surface area (Å²) in [6.45, 7) is 0.752. The van der Waals surface area contributed by atoms with Crippen LogP contribution < -0.4 is 0 Å². The van der Waals surface area contributed by atoms with Crippen molar-refractivity contribution in [3.63, 3.8) is 0 Å². The van der Waals surface area contributed by atoms with Crippen molar-refractivity contribution in [2.75, 3.05) is 0 Å². The van der Waals surface area contributed by atoms with E-state index in [-0.39, 0.29) is 6.61 Å². The van der Waals surface area contributed by atoms with Crippen LogP contribution in [0.25, 0.3) is 0 Å². The van der Waals surface area contributed by atoms with Crippen molar-refractivity contribution < 1.29 is 14.6 Å². The molecule has 0 amide bonds. The van der Waals surface area contributed by atoms with Gasteiger partial charge in [0.15, 0.2) is 0 Å². The molecule has 1 aromatic heterocycles. The summed E-state index contributed by atoms with van der Waals surface area (Å²) < 4.78 is 4.52. The lowest BCUT2D eigenvalue weighted by molar-refractivity contribution is -0.129. The summed E-state index contributed by atoms with van der Waals surface area (Å²) in [6.07, 6.45) is 0. The molecule has 0 fully saturated rings. The molecule has 0 radical (unpaired) electrons. The third kappa shape index (κ3) is 2.32. The van der Waals surface area contributed by atoms with Gasteiger partial charge in [0.05, 0.1) is 6.61 Å². The van der Waals surface area contributed by atoms with E-state index in [1.807, 2.05) is 11.4 Å². The summed E-state index contributed by atoms with van der Waals surface area (Å²) in [4.78, 5) is 10.7. The molecule has 0 aliphatic rings. The molecule has 0 bridgehead atoms. The highest BCUT2D eigenvalue weighted by Gasteiger charge is 1.97. The van der Waals surface area contributed by atoms with E-state index in [2.05, 4.69) is 4.74 Å². The Labute approximate surface area is 68.2 Å². The number of aliphatic hydroxyl groups excluding tert-OH is 1. The molecule has 1 N–H and O–H groups in total. The quantitative estimate of drug-likeness (QED) is 0.687. The number of rotatable bonds is 4. The van der Waals surface area contributed by atoms with Crippen LogP contribution in [0.1, 0.15) is 10.4 Å². The van der Waals surface area contributed by atoms with Crippen LogP contribution in [0, 0.1) is 0 Å². The number of hydrogen-bond donors (Lipinski definition) is 1. The highest BCUT2D eigenvalue weighted by Crippen LogP contribution is 2.14. The molecule has 1 aromatic rings. The van der Waals surface area contributed by atoms with Crippen LogP contribution in [0.4, 0.5) is 0 Å². The van der Waals surface area contributed by atoms with Gasteiger partial charge in [0.1, 0.15) is 6.61 Å². The van der Waals surface area contributed by atoms with E-state index in [4.69, 9.17) is 5.11 Å². The van der Waals surface area contributed by atoms with E-state index in [1.54, 1.807) is 0 Å². The van der Waals surface area contributed by atoms with E-state index in [9.17, 15) is 4.79 Å². The minimum absolute atomic E-state index is 0.0474. The normalized spacial score (nSPS) is 9.55. The van der Waals surface area contributed by atoms with Crippen LogP contribution in [0.3, 0.4) is 0 Å². The molecule has 0 unspecified atom stereocenters. The Bertz CT molecular complexity index is 231. The predicted molar refractivity (Wildman–Crippen MR) is 41.1 cm³/mol. The Morgan fingerprint density at radius 3 is 3.09 bits per heavy atom. The molecule has 3 nitrogen and oxygen atoms in total. The molecule has 0 spiro atoms. The van der Waals surface area contributed by atoms with E-state index in [1.165, 1.54) is 11.3 Å². The molecule has 1 heterocycles. The van der Waals surface area contributed by atoms with Gasteiger partial charge < -0.3 is 9.84 Å². The van der Waals surface area contributed by atoms with Gasteiger partial charge in [-0.2, -0.15) is 0 Å². The lowest BCUT2D eigenvalue weighted by atomic mass is 10.3. The van der Waals surface area contributed by atoms with Crippen LogP contribution in [-0.4, -0.2) is 11.6 Å². The van der Waals surface area contributed by atoms with E-state index >= 15 is 0 Å². The summed E-state index contributed by atoms with van der Waals surface area (Å²) in [5.41, 5.74) is 0.922. The van der Waals surface area contributed by atoms with Gasteiger partial charge in [-0.1, -0.05) is 0 Å². The minimum Gasteiger partial charge on any atom is -0.463 e. The SMILES string of the molecule is O=COCc1csc(CO)c1. The van der Waals surface area contributed by atoms with Crippen molar-refractivity contribution >= 4 is 17.8 Å². The fourth-order valence-electron chi connectivity index (χ4n) is 0.715. The molecule has 4 heteroatoms. The zero-order valence-electron chi connectivity index (χ0n) is 5.82. The summed E-state index contributed by atoms with van der Waals surface area (Å²) >= 11 is 1.45. The maximum atomic E-state index is 9.79. The first-order valence-corrected chi connectivity index (χ1v) is 3.97. The third-order valence-electron chi connectivity index (χ3n) is 1.18. The van der Waals surface area contributed by atoms with E-state index < -0.39 is 0 Å². The molecule has 0 aliphatic carbocycles. The summed E-state index contributed by atoms with van der Waals surface area (Å²) in [5, 5.41) is 10.5. The summed E-state index contributed by atoms with van der Waals surface area (Å²) in [5.74, 6) is 0. The smallest absolute Gasteiger partial charge is 0.293 e. The fraction of sp³-hybridized carbons (Fsp3) is 0.286. The van der Waals surface area contributed by atoms with E-state index in [0.29, 0.717) is 13.1 Å². The molecule has 0 saturated heterocycles. The number of carbonyl (C=O) groups excluding carboxylic acids is 1. The first-order valence-electron chi connectivity index (χ1n) is 3.09. The van der Waals surface area contributed by atoms with Crippen molar-refractivity contribution in [3.8, 4) is 0 Å². The van der Waals surface area contributed by atoms with Crippen LogP contribution in [0.5, 0.6) is 0 Å². The number of ether oxygens (including phenoxy) is 1. The van der Waals surface area contributed by atoms with Crippen molar-refractivity contribution in [2.24, 2.45) is 0 Å². The lowest BCUT2D eigenvalue weighted by Gasteiger charge is -1.91.